The number of carbonyl (C=O) groups is 1. The van der Waals surface area contributed by atoms with Crippen molar-refractivity contribution in [3.63, 3.8) is 0 Å². The molecular weight excluding hydrogens is 318 g/mol. The molecule has 2 N–H and O–H groups in total. The molecule has 1 aliphatic carbocycles. The average molecular weight is 341 g/mol. The molecular formula is C19H23N3O3. The first kappa shape index (κ1) is 16.1. The summed E-state index contributed by atoms with van der Waals surface area (Å²) in [5.41, 5.74) is 0.405. The molecule has 25 heavy (non-hydrogen) atoms. The van der Waals surface area contributed by atoms with Crippen LogP contribution in [0.5, 0.6) is 0 Å². The van der Waals surface area contributed by atoms with Gasteiger partial charge in [0.15, 0.2) is 0 Å². The molecule has 2 aliphatic rings. The van der Waals surface area contributed by atoms with Crippen molar-refractivity contribution in [3.05, 3.63) is 46.4 Å². The van der Waals surface area contributed by atoms with Gasteiger partial charge >= 0.3 is 0 Å². The van der Waals surface area contributed by atoms with E-state index in [1.807, 2.05) is 0 Å². The second kappa shape index (κ2) is 6.88. The first-order valence-electron chi connectivity index (χ1n) is 9.00. The molecule has 1 saturated carbocycles. The van der Waals surface area contributed by atoms with Crippen molar-refractivity contribution in [1.29, 1.82) is 0 Å². The van der Waals surface area contributed by atoms with E-state index in [1.54, 1.807) is 35.4 Å². The van der Waals surface area contributed by atoms with Gasteiger partial charge in [-0.2, -0.15) is 0 Å². The van der Waals surface area contributed by atoms with Crippen molar-refractivity contribution in [2.75, 3.05) is 19.6 Å². The largest absolute Gasteiger partial charge is 0.463 e. The molecule has 1 saturated heterocycles. The summed E-state index contributed by atoms with van der Waals surface area (Å²) in [6, 6.07) is 7.33. The van der Waals surface area contributed by atoms with Crippen LogP contribution < -0.4 is 10.9 Å². The van der Waals surface area contributed by atoms with E-state index in [0.29, 0.717) is 30.6 Å². The highest BCUT2D eigenvalue weighted by molar-refractivity contribution is 5.94. The summed E-state index contributed by atoms with van der Waals surface area (Å²) >= 11 is 0. The van der Waals surface area contributed by atoms with Gasteiger partial charge in [-0.15, -0.1) is 0 Å². The number of carbonyl (C=O) groups excluding carboxylic acids is 1. The van der Waals surface area contributed by atoms with Gasteiger partial charge in [-0.3, -0.25) is 9.59 Å². The van der Waals surface area contributed by atoms with Crippen molar-refractivity contribution in [3.8, 4) is 11.5 Å². The number of rotatable bonds is 5. The molecule has 2 aromatic rings. The molecule has 0 atom stereocenters. The molecule has 3 heterocycles. The van der Waals surface area contributed by atoms with Crippen LogP contribution in [0.4, 0.5) is 0 Å². The number of nitrogens with zero attached hydrogens (tertiary/aromatic N) is 1. The lowest BCUT2D eigenvalue weighted by Gasteiger charge is -2.32. The van der Waals surface area contributed by atoms with Crippen molar-refractivity contribution in [1.82, 2.24) is 15.2 Å². The predicted molar refractivity (Wildman–Crippen MR) is 94.4 cm³/mol. The minimum absolute atomic E-state index is 0.187. The Balaban J connectivity index is 1.38. The van der Waals surface area contributed by atoms with Gasteiger partial charge in [0.1, 0.15) is 11.3 Å². The molecule has 1 amide bonds. The molecule has 4 rings (SSSR count). The van der Waals surface area contributed by atoms with Crippen LogP contribution in [0.1, 0.15) is 36.0 Å². The molecule has 2 aromatic heterocycles. The van der Waals surface area contributed by atoms with Crippen LogP contribution in [-0.4, -0.2) is 41.5 Å². The fourth-order valence-electron chi connectivity index (χ4n) is 3.33. The van der Waals surface area contributed by atoms with Crippen molar-refractivity contribution < 1.29 is 9.21 Å². The number of aromatic amines is 1. The van der Waals surface area contributed by atoms with Crippen LogP contribution in [0.2, 0.25) is 0 Å². The number of furan rings is 1. The summed E-state index contributed by atoms with van der Waals surface area (Å²) in [5.74, 6) is 1.26. The van der Waals surface area contributed by atoms with E-state index < -0.39 is 0 Å². The molecule has 0 spiro atoms. The standard InChI is InChI=1S/C19H23N3O3/c23-18-15(5-6-16(21-18)17-2-1-11-25-17)19(24)22-9-7-14(8-10-22)20-12-13-3-4-13/h1-2,5-6,11,13-14,20H,3-4,7-10,12H2,(H,21,23). The lowest BCUT2D eigenvalue weighted by Crippen LogP contribution is -2.46. The van der Waals surface area contributed by atoms with Crippen molar-refractivity contribution >= 4 is 5.91 Å². The number of hydrogen-bond acceptors (Lipinski definition) is 4. The van der Waals surface area contributed by atoms with Crippen molar-refractivity contribution in [2.45, 2.75) is 31.7 Å². The average Bonchev–Trinajstić information content (AvgIpc) is 3.30. The van der Waals surface area contributed by atoms with E-state index in [0.717, 1.165) is 25.3 Å². The molecule has 0 unspecified atom stereocenters. The van der Waals surface area contributed by atoms with Crippen LogP contribution in [0.15, 0.2) is 39.7 Å². The van der Waals surface area contributed by atoms with E-state index in [2.05, 4.69) is 10.3 Å². The van der Waals surface area contributed by atoms with Gasteiger partial charge < -0.3 is 19.6 Å². The topological polar surface area (TPSA) is 78.3 Å². The van der Waals surface area contributed by atoms with Crippen LogP contribution in [0.25, 0.3) is 11.5 Å². The number of amides is 1. The normalized spacial score (nSPS) is 18.5. The Morgan fingerprint density at radius 1 is 1.20 bits per heavy atom. The summed E-state index contributed by atoms with van der Waals surface area (Å²) in [6.07, 6.45) is 6.14. The number of H-pyrrole nitrogens is 1. The van der Waals surface area contributed by atoms with Crippen LogP contribution in [-0.2, 0) is 0 Å². The van der Waals surface area contributed by atoms with E-state index in [-0.39, 0.29) is 17.0 Å². The van der Waals surface area contributed by atoms with E-state index in [4.69, 9.17) is 4.42 Å². The maximum Gasteiger partial charge on any atom is 0.261 e. The Hall–Kier alpha value is -2.34. The first-order valence-corrected chi connectivity index (χ1v) is 9.00. The number of hydrogen-bond donors (Lipinski definition) is 2. The second-order valence-corrected chi connectivity index (χ2v) is 7.01. The van der Waals surface area contributed by atoms with Gasteiger partial charge in [0.25, 0.3) is 11.5 Å². The summed E-state index contributed by atoms with van der Waals surface area (Å²) in [6.45, 7) is 2.49. The predicted octanol–water partition coefficient (Wildman–Crippen LogP) is 2.24. The first-order chi connectivity index (χ1) is 12.2. The molecule has 0 aromatic carbocycles. The summed E-state index contributed by atoms with van der Waals surface area (Å²) < 4.78 is 5.27. The maximum atomic E-state index is 12.7. The van der Waals surface area contributed by atoms with Gasteiger partial charge in [-0.05, 0) is 62.4 Å². The Bertz CT molecular complexity index is 784. The molecule has 2 fully saturated rings. The number of piperidine rings is 1. The summed E-state index contributed by atoms with van der Waals surface area (Å²) in [5, 5.41) is 3.60. The van der Waals surface area contributed by atoms with E-state index in [1.165, 1.54) is 12.8 Å². The van der Waals surface area contributed by atoms with E-state index >= 15 is 0 Å². The van der Waals surface area contributed by atoms with Gasteiger partial charge in [-0.25, -0.2) is 0 Å². The quantitative estimate of drug-likeness (QED) is 0.874. The molecule has 0 radical (unpaired) electrons. The Morgan fingerprint density at radius 2 is 2.00 bits per heavy atom. The zero-order valence-corrected chi connectivity index (χ0v) is 14.2. The third-order valence-corrected chi connectivity index (χ3v) is 5.10. The maximum absolute atomic E-state index is 12.7. The number of likely N-dealkylation sites (tertiary alicyclic amines) is 1. The minimum atomic E-state index is -0.368. The van der Waals surface area contributed by atoms with Crippen LogP contribution in [0.3, 0.4) is 0 Å². The third-order valence-electron chi connectivity index (χ3n) is 5.10. The molecule has 1 aliphatic heterocycles. The van der Waals surface area contributed by atoms with Crippen LogP contribution >= 0.6 is 0 Å². The molecule has 132 valence electrons. The van der Waals surface area contributed by atoms with Gasteiger partial charge in [-0.1, -0.05) is 0 Å². The SMILES string of the molecule is O=C(c1ccc(-c2ccco2)[nH]c1=O)N1CCC(NCC2CC2)CC1. The highest BCUT2D eigenvalue weighted by Gasteiger charge is 2.27. The minimum Gasteiger partial charge on any atom is -0.463 e. The number of aromatic nitrogens is 1. The van der Waals surface area contributed by atoms with Gasteiger partial charge in [0, 0.05) is 19.1 Å². The zero-order chi connectivity index (χ0) is 17.2. The van der Waals surface area contributed by atoms with Crippen LogP contribution in [0, 0.1) is 5.92 Å². The van der Waals surface area contributed by atoms with Gasteiger partial charge in [0.2, 0.25) is 0 Å². The Kier molecular flexibility index (Phi) is 4.44. The summed E-state index contributed by atoms with van der Waals surface area (Å²) in [4.78, 5) is 29.5. The summed E-state index contributed by atoms with van der Waals surface area (Å²) in [7, 11) is 0. The molecule has 0 bridgehead atoms. The Morgan fingerprint density at radius 3 is 2.64 bits per heavy atom. The fraction of sp³-hybridized carbons (Fsp3) is 0.474. The molecule has 6 heteroatoms. The second-order valence-electron chi connectivity index (χ2n) is 7.01. The third kappa shape index (κ3) is 3.69. The van der Waals surface area contributed by atoms with Crippen molar-refractivity contribution in [2.24, 2.45) is 5.92 Å². The van der Waals surface area contributed by atoms with Gasteiger partial charge in [0.05, 0.1) is 12.0 Å². The smallest absolute Gasteiger partial charge is 0.261 e. The molecule has 6 nitrogen and oxygen atoms in total. The number of pyridine rings is 1. The fourth-order valence-corrected chi connectivity index (χ4v) is 3.33. The lowest BCUT2D eigenvalue weighted by molar-refractivity contribution is 0.0703. The highest BCUT2D eigenvalue weighted by Crippen LogP contribution is 2.28. The van der Waals surface area contributed by atoms with E-state index in [9.17, 15) is 9.59 Å². The monoisotopic (exact) mass is 341 g/mol. The Labute approximate surface area is 146 Å². The zero-order valence-electron chi connectivity index (χ0n) is 14.2. The number of nitrogens with one attached hydrogen (secondary N) is 2. The highest BCUT2D eigenvalue weighted by atomic mass is 16.3. The lowest BCUT2D eigenvalue weighted by atomic mass is 10.0.